The number of rotatable bonds is 6. The van der Waals surface area contributed by atoms with Crippen molar-refractivity contribution in [2.45, 2.75) is 24.4 Å². The second kappa shape index (κ2) is 7.13. The lowest BCUT2D eigenvalue weighted by molar-refractivity contribution is -0.133. The Hall–Kier alpha value is -2.32. The molecule has 0 atom stereocenters. The molecule has 8 heteroatoms. The van der Waals surface area contributed by atoms with Gasteiger partial charge in [-0.3, -0.25) is 9.36 Å². The zero-order valence-electron chi connectivity index (χ0n) is 14.1. The minimum absolute atomic E-state index is 0.0302. The molecule has 26 heavy (non-hydrogen) atoms. The third kappa shape index (κ3) is 3.10. The van der Waals surface area contributed by atoms with Crippen molar-refractivity contribution in [3.63, 3.8) is 0 Å². The van der Waals surface area contributed by atoms with Crippen LogP contribution in [0.2, 0.25) is 0 Å². The van der Waals surface area contributed by atoms with E-state index in [0.29, 0.717) is 5.16 Å². The molecule has 4 rings (SSSR count). The monoisotopic (exact) mass is 387 g/mol. The Bertz CT molecular complexity index is 947. The van der Waals surface area contributed by atoms with Crippen LogP contribution in [-0.2, 0) is 17.6 Å². The molecule has 0 aliphatic heterocycles. The quantitative estimate of drug-likeness (QED) is 0.650. The predicted octanol–water partition coefficient (Wildman–Crippen LogP) is 3.67. The number of methoxy groups -OCH3 is 1. The van der Waals surface area contributed by atoms with Crippen molar-refractivity contribution in [2.75, 3.05) is 12.9 Å². The number of carboxylic acid groups (broad SMARTS) is 1. The molecule has 0 unspecified atom stereocenters. The van der Waals surface area contributed by atoms with Crippen molar-refractivity contribution in [1.82, 2.24) is 14.8 Å². The molecule has 134 valence electrons. The summed E-state index contributed by atoms with van der Waals surface area (Å²) in [6.45, 7) is 0. The lowest BCUT2D eigenvalue weighted by Gasteiger charge is -2.05. The number of carboxylic acids is 1. The van der Waals surface area contributed by atoms with Gasteiger partial charge in [0, 0.05) is 4.88 Å². The number of benzene rings is 1. The molecule has 0 spiro atoms. The van der Waals surface area contributed by atoms with Gasteiger partial charge < -0.3 is 9.84 Å². The fourth-order valence-corrected chi connectivity index (χ4v) is 5.28. The summed E-state index contributed by atoms with van der Waals surface area (Å²) >= 11 is 2.91. The zero-order chi connectivity index (χ0) is 18.1. The third-order valence-electron chi connectivity index (χ3n) is 4.36. The highest BCUT2D eigenvalue weighted by atomic mass is 32.2. The highest BCUT2D eigenvalue weighted by Gasteiger charge is 2.25. The van der Waals surface area contributed by atoms with E-state index in [1.54, 1.807) is 24.8 Å². The van der Waals surface area contributed by atoms with E-state index >= 15 is 0 Å². The van der Waals surface area contributed by atoms with E-state index in [1.807, 2.05) is 16.7 Å². The number of aromatic nitrogens is 3. The maximum atomic E-state index is 10.9. The summed E-state index contributed by atoms with van der Waals surface area (Å²) in [6, 6.07) is 8.12. The normalized spacial score (nSPS) is 13.0. The Balaban J connectivity index is 1.75. The van der Waals surface area contributed by atoms with Gasteiger partial charge in [0.2, 0.25) is 0 Å². The van der Waals surface area contributed by atoms with Crippen molar-refractivity contribution in [1.29, 1.82) is 0 Å². The van der Waals surface area contributed by atoms with E-state index in [0.717, 1.165) is 30.0 Å². The molecule has 0 fully saturated rings. The molecule has 1 aliphatic rings. The highest BCUT2D eigenvalue weighted by Crippen LogP contribution is 2.44. The number of thiophene rings is 1. The standard InChI is InChI=1S/C18H17N3O3S2/c1-24-12-7-5-11(6-8-12)16-13-3-2-4-14(13)17(26-16)21-10-19-20-18(21)25-9-15(22)23/h5-8,10H,2-4,9H2,1H3,(H,22,23). The molecular weight excluding hydrogens is 370 g/mol. The van der Waals surface area contributed by atoms with Gasteiger partial charge in [-0.25, -0.2) is 0 Å². The Morgan fingerprint density at radius 2 is 2.08 bits per heavy atom. The minimum atomic E-state index is -0.861. The first-order chi connectivity index (χ1) is 12.7. The number of aliphatic carboxylic acids is 1. The number of hydrogen-bond donors (Lipinski definition) is 1. The lowest BCUT2D eigenvalue weighted by atomic mass is 10.1. The summed E-state index contributed by atoms with van der Waals surface area (Å²) in [7, 11) is 1.66. The molecule has 2 aromatic heterocycles. The first kappa shape index (κ1) is 17.1. The predicted molar refractivity (Wildman–Crippen MR) is 102 cm³/mol. The van der Waals surface area contributed by atoms with Gasteiger partial charge in [0.25, 0.3) is 0 Å². The number of nitrogens with zero attached hydrogens (tertiary/aromatic N) is 3. The van der Waals surface area contributed by atoms with Crippen LogP contribution in [0.15, 0.2) is 35.7 Å². The topological polar surface area (TPSA) is 77.2 Å². The van der Waals surface area contributed by atoms with E-state index < -0.39 is 5.97 Å². The van der Waals surface area contributed by atoms with Crippen LogP contribution in [0.25, 0.3) is 15.4 Å². The third-order valence-corrected chi connectivity index (χ3v) is 6.61. The average Bonchev–Trinajstić information content (AvgIpc) is 3.36. The van der Waals surface area contributed by atoms with Crippen LogP contribution in [0.5, 0.6) is 5.75 Å². The van der Waals surface area contributed by atoms with Crippen LogP contribution in [0.3, 0.4) is 0 Å². The Morgan fingerprint density at radius 3 is 2.81 bits per heavy atom. The number of ether oxygens (including phenoxy) is 1. The Morgan fingerprint density at radius 1 is 1.31 bits per heavy atom. The smallest absolute Gasteiger partial charge is 0.313 e. The van der Waals surface area contributed by atoms with Gasteiger partial charge >= 0.3 is 5.97 Å². The van der Waals surface area contributed by atoms with Crippen molar-refractivity contribution in [3.05, 3.63) is 41.7 Å². The summed E-state index contributed by atoms with van der Waals surface area (Å²) in [5.74, 6) is -0.0503. The summed E-state index contributed by atoms with van der Waals surface area (Å²) in [5.41, 5.74) is 3.89. The van der Waals surface area contributed by atoms with Gasteiger partial charge in [-0.2, -0.15) is 0 Å². The first-order valence-electron chi connectivity index (χ1n) is 8.21. The van der Waals surface area contributed by atoms with E-state index in [9.17, 15) is 4.79 Å². The molecule has 0 amide bonds. The SMILES string of the molecule is COc1ccc(-c2sc(-n3cnnc3SCC(=O)O)c3c2CCC3)cc1. The van der Waals surface area contributed by atoms with Gasteiger partial charge in [0.1, 0.15) is 17.1 Å². The molecule has 2 heterocycles. The first-order valence-corrected chi connectivity index (χ1v) is 10.0. The van der Waals surface area contributed by atoms with Gasteiger partial charge in [-0.1, -0.05) is 11.8 Å². The van der Waals surface area contributed by atoms with Crippen molar-refractivity contribution >= 4 is 29.1 Å². The van der Waals surface area contributed by atoms with Crippen molar-refractivity contribution in [3.8, 4) is 21.2 Å². The van der Waals surface area contributed by atoms with Crippen LogP contribution < -0.4 is 4.74 Å². The highest BCUT2D eigenvalue weighted by molar-refractivity contribution is 7.99. The van der Waals surface area contributed by atoms with E-state index in [2.05, 4.69) is 22.3 Å². The maximum Gasteiger partial charge on any atom is 0.313 e. The molecule has 0 saturated carbocycles. The molecule has 1 aromatic carbocycles. The zero-order valence-corrected chi connectivity index (χ0v) is 15.8. The second-order valence-electron chi connectivity index (χ2n) is 5.94. The number of hydrogen-bond acceptors (Lipinski definition) is 6. The molecule has 1 aliphatic carbocycles. The Kier molecular flexibility index (Phi) is 4.69. The van der Waals surface area contributed by atoms with Crippen LogP contribution in [0, 0.1) is 0 Å². The second-order valence-corrected chi connectivity index (χ2v) is 7.88. The molecular formula is C18H17N3O3S2. The van der Waals surface area contributed by atoms with E-state index in [1.165, 1.54) is 33.3 Å². The van der Waals surface area contributed by atoms with Crippen LogP contribution >= 0.6 is 23.1 Å². The number of fused-ring (bicyclic) bond motifs is 1. The van der Waals surface area contributed by atoms with Gasteiger partial charge in [0.05, 0.1) is 12.9 Å². The van der Waals surface area contributed by atoms with Gasteiger partial charge in [0.15, 0.2) is 5.16 Å². The summed E-state index contributed by atoms with van der Waals surface area (Å²) in [6.07, 6.45) is 4.89. The largest absolute Gasteiger partial charge is 0.497 e. The fourth-order valence-electron chi connectivity index (χ4n) is 3.21. The number of thioether (sulfide) groups is 1. The van der Waals surface area contributed by atoms with Crippen molar-refractivity contribution < 1.29 is 14.6 Å². The lowest BCUT2D eigenvalue weighted by Crippen LogP contribution is -2.01. The molecule has 0 saturated heterocycles. The fraction of sp³-hybridized carbons (Fsp3) is 0.278. The average molecular weight is 387 g/mol. The van der Waals surface area contributed by atoms with Gasteiger partial charge in [-0.15, -0.1) is 21.5 Å². The van der Waals surface area contributed by atoms with Crippen LogP contribution in [0.1, 0.15) is 17.5 Å². The molecule has 0 bridgehead atoms. The summed E-state index contributed by atoms with van der Waals surface area (Å²) < 4.78 is 7.18. The minimum Gasteiger partial charge on any atom is -0.497 e. The van der Waals surface area contributed by atoms with E-state index in [-0.39, 0.29) is 5.75 Å². The molecule has 0 radical (unpaired) electrons. The van der Waals surface area contributed by atoms with Crippen molar-refractivity contribution in [2.24, 2.45) is 0 Å². The molecule has 1 N–H and O–H groups in total. The van der Waals surface area contributed by atoms with E-state index in [4.69, 9.17) is 9.84 Å². The van der Waals surface area contributed by atoms with Crippen LogP contribution in [0.4, 0.5) is 0 Å². The van der Waals surface area contributed by atoms with Crippen LogP contribution in [-0.4, -0.2) is 38.7 Å². The summed E-state index contributed by atoms with van der Waals surface area (Å²) in [4.78, 5) is 12.1. The molecule has 3 aromatic rings. The molecule has 6 nitrogen and oxygen atoms in total. The number of carbonyl (C=O) groups is 1. The maximum absolute atomic E-state index is 10.9. The Labute approximate surface area is 158 Å². The summed E-state index contributed by atoms with van der Waals surface area (Å²) in [5, 5.41) is 18.7. The van der Waals surface area contributed by atoms with Gasteiger partial charge in [-0.05, 0) is 60.2 Å².